The van der Waals surface area contributed by atoms with Gasteiger partial charge in [-0.05, 0) is 36.5 Å². The van der Waals surface area contributed by atoms with Crippen molar-refractivity contribution in [2.24, 2.45) is 11.8 Å². The van der Waals surface area contributed by atoms with E-state index in [9.17, 15) is 4.39 Å². The van der Waals surface area contributed by atoms with Gasteiger partial charge in [0.25, 0.3) is 0 Å². The fraction of sp³-hybridized carbons (Fsp3) is 0.500. The minimum atomic E-state index is -0.274. The van der Waals surface area contributed by atoms with Crippen LogP contribution in [0, 0.1) is 17.7 Å². The van der Waals surface area contributed by atoms with E-state index < -0.39 is 0 Å². The van der Waals surface area contributed by atoms with Crippen LogP contribution in [0.5, 0.6) is 0 Å². The molecule has 0 aromatic heterocycles. The van der Waals surface area contributed by atoms with E-state index in [1.165, 1.54) is 18.6 Å². The van der Waals surface area contributed by atoms with E-state index >= 15 is 0 Å². The SMILES string of the molecule is CC1CC1CN(C)c1ccc(F)cc1N. The van der Waals surface area contributed by atoms with Gasteiger partial charge in [-0.2, -0.15) is 0 Å². The Hall–Kier alpha value is -1.25. The zero-order chi connectivity index (χ0) is 11.0. The zero-order valence-corrected chi connectivity index (χ0v) is 9.20. The number of benzene rings is 1. The van der Waals surface area contributed by atoms with E-state index in [0.29, 0.717) is 5.69 Å². The molecular formula is C12H17FN2. The lowest BCUT2D eigenvalue weighted by molar-refractivity contribution is 0.628. The summed E-state index contributed by atoms with van der Waals surface area (Å²) in [4.78, 5) is 2.11. The molecule has 0 heterocycles. The maximum Gasteiger partial charge on any atom is 0.125 e. The molecule has 2 N–H and O–H groups in total. The number of anilines is 2. The van der Waals surface area contributed by atoms with Crippen molar-refractivity contribution < 1.29 is 4.39 Å². The van der Waals surface area contributed by atoms with Gasteiger partial charge in [0, 0.05) is 13.6 Å². The van der Waals surface area contributed by atoms with Crippen molar-refractivity contribution in [2.45, 2.75) is 13.3 Å². The Kier molecular flexibility index (Phi) is 2.55. The van der Waals surface area contributed by atoms with Crippen LogP contribution in [-0.2, 0) is 0 Å². The molecule has 0 saturated heterocycles. The Morgan fingerprint density at radius 2 is 2.20 bits per heavy atom. The zero-order valence-electron chi connectivity index (χ0n) is 9.20. The highest BCUT2D eigenvalue weighted by molar-refractivity contribution is 5.67. The molecule has 0 radical (unpaired) electrons. The third kappa shape index (κ3) is 2.22. The first-order chi connectivity index (χ1) is 7.08. The summed E-state index contributed by atoms with van der Waals surface area (Å²) in [5, 5.41) is 0. The molecule has 0 aliphatic heterocycles. The van der Waals surface area contributed by atoms with Crippen LogP contribution >= 0.6 is 0 Å². The number of hydrogen-bond donors (Lipinski definition) is 1. The number of nitrogens with zero attached hydrogens (tertiary/aromatic N) is 1. The van der Waals surface area contributed by atoms with Gasteiger partial charge in [-0.15, -0.1) is 0 Å². The highest BCUT2D eigenvalue weighted by Gasteiger charge is 2.33. The summed E-state index contributed by atoms with van der Waals surface area (Å²) in [6.45, 7) is 3.27. The van der Waals surface area contributed by atoms with Gasteiger partial charge in [0.1, 0.15) is 5.82 Å². The van der Waals surface area contributed by atoms with E-state index in [1.54, 1.807) is 6.07 Å². The van der Waals surface area contributed by atoms with Gasteiger partial charge in [0.15, 0.2) is 0 Å². The van der Waals surface area contributed by atoms with Gasteiger partial charge in [-0.3, -0.25) is 0 Å². The third-order valence-electron chi connectivity index (χ3n) is 3.19. The predicted molar refractivity (Wildman–Crippen MR) is 61.4 cm³/mol. The second kappa shape index (κ2) is 3.72. The largest absolute Gasteiger partial charge is 0.397 e. The van der Waals surface area contributed by atoms with Crippen molar-refractivity contribution in [1.29, 1.82) is 0 Å². The van der Waals surface area contributed by atoms with Gasteiger partial charge in [0.2, 0.25) is 0 Å². The topological polar surface area (TPSA) is 29.3 Å². The minimum Gasteiger partial charge on any atom is -0.397 e. The number of rotatable bonds is 3. The van der Waals surface area contributed by atoms with Crippen molar-refractivity contribution in [1.82, 2.24) is 0 Å². The van der Waals surface area contributed by atoms with Crippen molar-refractivity contribution >= 4 is 11.4 Å². The summed E-state index contributed by atoms with van der Waals surface area (Å²) in [6.07, 6.45) is 1.30. The molecule has 2 nitrogen and oxygen atoms in total. The first kappa shape index (κ1) is 10.3. The standard InChI is InChI=1S/C12H17FN2/c1-8-5-9(8)7-15(2)12-4-3-10(13)6-11(12)14/h3-4,6,8-9H,5,7,14H2,1-2H3. The highest BCUT2D eigenvalue weighted by atomic mass is 19.1. The third-order valence-corrected chi connectivity index (χ3v) is 3.19. The Morgan fingerprint density at radius 1 is 1.53 bits per heavy atom. The molecule has 3 heteroatoms. The number of hydrogen-bond acceptors (Lipinski definition) is 2. The molecule has 1 saturated carbocycles. The second-order valence-corrected chi connectivity index (χ2v) is 4.56. The molecule has 2 unspecified atom stereocenters. The van der Waals surface area contributed by atoms with E-state index in [4.69, 9.17) is 5.73 Å². The van der Waals surface area contributed by atoms with E-state index in [-0.39, 0.29) is 5.82 Å². The molecule has 0 spiro atoms. The number of halogens is 1. The van der Waals surface area contributed by atoms with Crippen molar-refractivity contribution in [2.75, 3.05) is 24.2 Å². The molecule has 1 aliphatic rings. The molecule has 0 amide bonds. The lowest BCUT2D eigenvalue weighted by atomic mass is 10.2. The van der Waals surface area contributed by atoms with Crippen LogP contribution in [0.15, 0.2) is 18.2 Å². The van der Waals surface area contributed by atoms with Crippen LogP contribution in [0.3, 0.4) is 0 Å². The van der Waals surface area contributed by atoms with Crippen molar-refractivity contribution in [3.8, 4) is 0 Å². The van der Waals surface area contributed by atoms with E-state index in [1.807, 2.05) is 7.05 Å². The van der Waals surface area contributed by atoms with Gasteiger partial charge in [-0.25, -0.2) is 4.39 Å². The monoisotopic (exact) mass is 208 g/mol. The Morgan fingerprint density at radius 3 is 2.73 bits per heavy atom. The Bertz CT molecular complexity index is 365. The molecule has 82 valence electrons. The average molecular weight is 208 g/mol. The van der Waals surface area contributed by atoms with Crippen LogP contribution in [0.1, 0.15) is 13.3 Å². The van der Waals surface area contributed by atoms with Crippen LogP contribution in [0.25, 0.3) is 0 Å². The minimum absolute atomic E-state index is 0.274. The first-order valence-electron chi connectivity index (χ1n) is 5.34. The summed E-state index contributed by atoms with van der Waals surface area (Å²) < 4.78 is 12.8. The molecule has 0 bridgehead atoms. The lowest BCUT2D eigenvalue weighted by Crippen LogP contribution is -2.21. The van der Waals surface area contributed by atoms with Crippen molar-refractivity contribution in [3.05, 3.63) is 24.0 Å². The van der Waals surface area contributed by atoms with Gasteiger partial charge in [-0.1, -0.05) is 6.92 Å². The molecule has 15 heavy (non-hydrogen) atoms. The Balaban J connectivity index is 2.07. The average Bonchev–Trinajstić information content (AvgIpc) is 2.81. The van der Waals surface area contributed by atoms with Crippen LogP contribution in [-0.4, -0.2) is 13.6 Å². The summed E-state index contributed by atoms with van der Waals surface area (Å²) >= 11 is 0. The van der Waals surface area contributed by atoms with Gasteiger partial charge in [0.05, 0.1) is 11.4 Å². The highest BCUT2D eigenvalue weighted by Crippen LogP contribution is 2.39. The Labute approximate surface area is 89.9 Å². The normalized spacial score (nSPS) is 23.9. The molecule has 1 aromatic rings. The fourth-order valence-corrected chi connectivity index (χ4v) is 1.98. The quantitative estimate of drug-likeness (QED) is 0.773. The molecule has 1 fully saturated rings. The molecule has 1 aliphatic carbocycles. The molecule has 2 atom stereocenters. The summed E-state index contributed by atoms with van der Waals surface area (Å²) in [6, 6.07) is 4.58. The second-order valence-electron chi connectivity index (χ2n) is 4.56. The lowest BCUT2D eigenvalue weighted by Gasteiger charge is -2.21. The maximum absolute atomic E-state index is 12.8. The smallest absolute Gasteiger partial charge is 0.125 e. The van der Waals surface area contributed by atoms with Crippen LogP contribution in [0.4, 0.5) is 15.8 Å². The van der Waals surface area contributed by atoms with Crippen molar-refractivity contribution in [3.63, 3.8) is 0 Å². The molecule has 2 rings (SSSR count). The predicted octanol–water partition coefficient (Wildman–Crippen LogP) is 2.50. The first-order valence-corrected chi connectivity index (χ1v) is 5.34. The molecular weight excluding hydrogens is 191 g/mol. The summed E-state index contributed by atoms with van der Waals surface area (Å²) in [5.74, 6) is 1.33. The van der Waals surface area contributed by atoms with E-state index in [2.05, 4.69) is 11.8 Å². The summed E-state index contributed by atoms with van der Waals surface area (Å²) in [7, 11) is 2.01. The van der Waals surface area contributed by atoms with Crippen LogP contribution < -0.4 is 10.6 Å². The maximum atomic E-state index is 12.8. The molecule has 1 aromatic carbocycles. The number of nitrogen functional groups attached to an aromatic ring is 1. The van der Waals surface area contributed by atoms with E-state index in [0.717, 1.165) is 24.1 Å². The van der Waals surface area contributed by atoms with Gasteiger partial charge < -0.3 is 10.6 Å². The fourth-order valence-electron chi connectivity index (χ4n) is 1.98. The van der Waals surface area contributed by atoms with Crippen LogP contribution in [0.2, 0.25) is 0 Å². The summed E-state index contributed by atoms with van der Waals surface area (Å²) in [5.41, 5.74) is 7.22. The number of nitrogens with two attached hydrogens (primary N) is 1. The van der Waals surface area contributed by atoms with Gasteiger partial charge >= 0.3 is 0 Å².